The number of sulfonamides is 1. The first kappa shape index (κ1) is 19.8. The molecule has 0 fully saturated rings. The van der Waals surface area contributed by atoms with E-state index in [2.05, 4.69) is 5.32 Å². The minimum atomic E-state index is -3.61. The molecule has 2 aromatic carbocycles. The smallest absolute Gasteiger partial charge is 0.245 e. The number of anilines is 2. The van der Waals surface area contributed by atoms with Crippen molar-refractivity contribution in [2.75, 3.05) is 29.0 Å². The lowest BCUT2D eigenvalue weighted by Gasteiger charge is -2.23. The van der Waals surface area contributed by atoms with Gasteiger partial charge in [-0.15, -0.1) is 0 Å². The van der Waals surface area contributed by atoms with Gasteiger partial charge in [0.2, 0.25) is 15.9 Å². The summed E-state index contributed by atoms with van der Waals surface area (Å²) >= 11 is 0. The number of carbonyl (C=O) groups is 1. The van der Waals surface area contributed by atoms with Crippen LogP contribution in [0.25, 0.3) is 0 Å². The first-order valence-corrected chi connectivity index (χ1v) is 10.1. The fraction of sp³-hybridized carbons (Fsp3) is 0.316. The molecular formula is C19H24N2O4S. The Hall–Kier alpha value is -2.54. The molecule has 26 heavy (non-hydrogen) atoms. The fourth-order valence-corrected chi connectivity index (χ4v) is 3.50. The summed E-state index contributed by atoms with van der Waals surface area (Å²) in [5.41, 5.74) is 2.88. The largest absolute Gasteiger partial charge is 0.494 e. The standard InChI is InChI=1S/C19H24N2O4S/c1-5-25-18-8-6-7-16(12-18)20-19(22)13-21(26(4,23)24)17-10-14(2)9-15(3)11-17/h6-12H,5,13H2,1-4H3,(H,20,22). The predicted octanol–water partition coefficient (Wildman–Crippen LogP) is 3.11. The van der Waals surface area contributed by atoms with E-state index in [0.29, 0.717) is 23.7 Å². The molecule has 1 amide bonds. The number of ether oxygens (including phenoxy) is 1. The Labute approximate surface area is 154 Å². The van der Waals surface area contributed by atoms with Gasteiger partial charge in [0.1, 0.15) is 12.3 Å². The van der Waals surface area contributed by atoms with Gasteiger partial charge >= 0.3 is 0 Å². The zero-order valence-corrected chi connectivity index (χ0v) is 16.3. The van der Waals surface area contributed by atoms with E-state index in [-0.39, 0.29) is 6.54 Å². The van der Waals surface area contributed by atoms with Crippen molar-refractivity contribution < 1.29 is 17.9 Å². The molecule has 0 radical (unpaired) electrons. The molecule has 0 saturated heterocycles. The van der Waals surface area contributed by atoms with Crippen LogP contribution in [0.3, 0.4) is 0 Å². The van der Waals surface area contributed by atoms with Crippen LogP contribution in [-0.4, -0.2) is 33.7 Å². The van der Waals surface area contributed by atoms with Crippen molar-refractivity contribution in [1.29, 1.82) is 0 Å². The number of aryl methyl sites for hydroxylation is 2. The number of nitrogens with zero attached hydrogens (tertiary/aromatic N) is 1. The highest BCUT2D eigenvalue weighted by atomic mass is 32.2. The van der Waals surface area contributed by atoms with Gasteiger partial charge in [-0.1, -0.05) is 12.1 Å². The summed E-state index contributed by atoms with van der Waals surface area (Å²) in [6.45, 7) is 5.86. The van der Waals surface area contributed by atoms with Crippen LogP contribution in [-0.2, 0) is 14.8 Å². The molecular weight excluding hydrogens is 352 g/mol. The van der Waals surface area contributed by atoms with Crippen molar-refractivity contribution >= 4 is 27.3 Å². The molecule has 1 N–H and O–H groups in total. The minimum Gasteiger partial charge on any atom is -0.494 e. The van der Waals surface area contributed by atoms with Gasteiger partial charge in [-0.05, 0) is 56.2 Å². The summed E-state index contributed by atoms with van der Waals surface area (Å²) in [6, 6.07) is 12.4. The van der Waals surface area contributed by atoms with E-state index >= 15 is 0 Å². The number of benzene rings is 2. The van der Waals surface area contributed by atoms with Gasteiger partial charge in [-0.3, -0.25) is 9.10 Å². The van der Waals surface area contributed by atoms with E-state index in [0.717, 1.165) is 21.7 Å². The van der Waals surface area contributed by atoms with E-state index in [1.807, 2.05) is 26.8 Å². The van der Waals surface area contributed by atoms with Crippen molar-refractivity contribution in [3.63, 3.8) is 0 Å². The lowest BCUT2D eigenvalue weighted by Crippen LogP contribution is -2.37. The molecule has 0 saturated carbocycles. The van der Waals surface area contributed by atoms with Crippen molar-refractivity contribution in [3.8, 4) is 5.75 Å². The third-order valence-corrected chi connectivity index (χ3v) is 4.75. The van der Waals surface area contributed by atoms with Gasteiger partial charge in [0.15, 0.2) is 0 Å². The van der Waals surface area contributed by atoms with Gasteiger partial charge in [-0.2, -0.15) is 0 Å². The van der Waals surface area contributed by atoms with Crippen LogP contribution in [0.2, 0.25) is 0 Å². The van der Waals surface area contributed by atoms with Crippen molar-refractivity contribution in [2.45, 2.75) is 20.8 Å². The summed E-state index contributed by atoms with van der Waals surface area (Å²) in [5.74, 6) is 0.211. The van der Waals surface area contributed by atoms with Gasteiger partial charge in [0.25, 0.3) is 0 Å². The molecule has 6 nitrogen and oxygen atoms in total. The second kappa shape index (κ2) is 8.23. The predicted molar refractivity (Wildman–Crippen MR) is 104 cm³/mol. The highest BCUT2D eigenvalue weighted by Gasteiger charge is 2.21. The highest BCUT2D eigenvalue weighted by molar-refractivity contribution is 7.92. The Morgan fingerprint density at radius 1 is 1.12 bits per heavy atom. The molecule has 0 aromatic heterocycles. The number of hydrogen-bond donors (Lipinski definition) is 1. The summed E-state index contributed by atoms with van der Waals surface area (Å²) in [6.07, 6.45) is 1.09. The van der Waals surface area contributed by atoms with Crippen LogP contribution in [0.4, 0.5) is 11.4 Å². The van der Waals surface area contributed by atoms with Gasteiger partial charge in [-0.25, -0.2) is 8.42 Å². The maximum absolute atomic E-state index is 12.4. The molecule has 0 aliphatic rings. The van der Waals surface area contributed by atoms with E-state index in [1.165, 1.54) is 0 Å². The minimum absolute atomic E-state index is 0.305. The zero-order chi connectivity index (χ0) is 19.3. The van der Waals surface area contributed by atoms with Gasteiger partial charge < -0.3 is 10.1 Å². The van der Waals surface area contributed by atoms with Gasteiger partial charge in [0.05, 0.1) is 18.6 Å². The molecule has 140 valence electrons. The highest BCUT2D eigenvalue weighted by Crippen LogP contribution is 2.22. The quantitative estimate of drug-likeness (QED) is 0.806. The maximum atomic E-state index is 12.4. The van der Waals surface area contributed by atoms with Crippen LogP contribution in [0.1, 0.15) is 18.1 Å². The summed E-state index contributed by atoms with van der Waals surface area (Å²) < 4.78 is 30.9. The second-order valence-electron chi connectivity index (χ2n) is 6.12. The fourth-order valence-electron chi connectivity index (χ4n) is 2.66. The lowest BCUT2D eigenvalue weighted by atomic mass is 10.1. The summed E-state index contributed by atoms with van der Waals surface area (Å²) in [4.78, 5) is 12.4. The summed E-state index contributed by atoms with van der Waals surface area (Å²) in [7, 11) is -3.61. The Kier molecular flexibility index (Phi) is 6.26. The lowest BCUT2D eigenvalue weighted by molar-refractivity contribution is -0.114. The Bertz CT molecular complexity index is 874. The number of nitrogens with one attached hydrogen (secondary N) is 1. The first-order valence-electron chi connectivity index (χ1n) is 8.27. The molecule has 0 aliphatic heterocycles. The second-order valence-corrected chi connectivity index (χ2v) is 8.03. The molecule has 0 bridgehead atoms. The number of hydrogen-bond acceptors (Lipinski definition) is 4. The van der Waals surface area contributed by atoms with Crippen molar-refractivity contribution in [1.82, 2.24) is 0 Å². The molecule has 2 aromatic rings. The van der Waals surface area contributed by atoms with Crippen molar-refractivity contribution in [2.24, 2.45) is 0 Å². The van der Waals surface area contributed by atoms with Crippen LogP contribution >= 0.6 is 0 Å². The third-order valence-electron chi connectivity index (χ3n) is 3.61. The van der Waals surface area contributed by atoms with Crippen LogP contribution in [0.5, 0.6) is 5.75 Å². The molecule has 0 spiro atoms. The Morgan fingerprint density at radius 3 is 2.35 bits per heavy atom. The third kappa shape index (κ3) is 5.49. The Balaban J connectivity index is 2.21. The average molecular weight is 376 g/mol. The number of rotatable bonds is 7. The molecule has 0 unspecified atom stereocenters. The van der Waals surface area contributed by atoms with E-state index in [9.17, 15) is 13.2 Å². The maximum Gasteiger partial charge on any atom is 0.245 e. The average Bonchev–Trinajstić information content (AvgIpc) is 2.51. The van der Waals surface area contributed by atoms with Crippen LogP contribution in [0.15, 0.2) is 42.5 Å². The molecule has 0 heterocycles. The number of carbonyl (C=O) groups excluding carboxylic acids is 1. The topological polar surface area (TPSA) is 75.7 Å². The first-order chi connectivity index (χ1) is 12.2. The molecule has 0 aliphatic carbocycles. The van der Waals surface area contributed by atoms with Crippen LogP contribution < -0.4 is 14.4 Å². The van der Waals surface area contributed by atoms with E-state index < -0.39 is 15.9 Å². The molecule has 2 rings (SSSR count). The monoisotopic (exact) mass is 376 g/mol. The zero-order valence-electron chi connectivity index (χ0n) is 15.4. The van der Waals surface area contributed by atoms with Gasteiger partial charge in [0, 0.05) is 11.8 Å². The SMILES string of the molecule is CCOc1cccc(NC(=O)CN(c2cc(C)cc(C)c2)S(C)(=O)=O)c1. The Morgan fingerprint density at radius 2 is 1.77 bits per heavy atom. The molecule has 0 atom stereocenters. The van der Waals surface area contributed by atoms with E-state index in [1.54, 1.807) is 36.4 Å². The van der Waals surface area contributed by atoms with Crippen molar-refractivity contribution in [3.05, 3.63) is 53.6 Å². The normalized spacial score (nSPS) is 11.1. The van der Waals surface area contributed by atoms with Crippen LogP contribution in [0, 0.1) is 13.8 Å². The number of amides is 1. The van der Waals surface area contributed by atoms with E-state index in [4.69, 9.17) is 4.74 Å². The molecule has 7 heteroatoms. The summed E-state index contributed by atoms with van der Waals surface area (Å²) in [5, 5.41) is 2.72.